The highest BCUT2D eigenvalue weighted by Gasteiger charge is 2.28. The molecule has 0 spiro atoms. The number of carbonyl (C=O) groups is 1. The van der Waals surface area contributed by atoms with Crippen LogP contribution in [0.5, 0.6) is 23.0 Å². The van der Waals surface area contributed by atoms with Crippen molar-refractivity contribution in [3.8, 4) is 34.8 Å². The number of nitro groups is 1. The molecule has 0 aliphatic carbocycles. The second-order valence-corrected chi connectivity index (χ2v) is 10.9. The van der Waals surface area contributed by atoms with Crippen LogP contribution >= 0.6 is 11.3 Å². The molecule has 0 atom stereocenters. The molecule has 0 radical (unpaired) electrons. The molecule has 214 valence electrons. The maximum absolute atomic E-state index is 14.0. The van der Waals surface area contributed by atoms with Crippen molar-refractivity contribution in [2.45, 2.75) is 20.1 Å². The van der Waals surface area contributed by atoms with Crippen LogP contribution in [0.3, 0.4) is 0 Å². The summed E-state index contributed by atoms with van der Waals surface area (Å²) < 4.78 is 24.1. The van der Waals surface area contributed by atoms with Gasteiger partial charge in [-0.05, 0) is 37.3 Å². The Kier molecular flexibility index (Phi) is 8.51. The summed E-state index contributed by atoms with van der Waals surface area (Å²) >= 11 is 1.14. The third-order valence-electron chi connectivity index (χ3n) is 6.41. The highest BCUT2D eigenvalue weighted by molar-refractivity contribution is 7.15. The number of rotatable bonds is 11. The molecule has 0 unspecified atom stereocenters. The van der Waals surface area contributed by atoms with Gasteiger partial charge in [0.05, 0.1) is 63.4 Å². The molecule has 2 aromatic carbocycles. The number of methoxy groups -OCH3 is 4. The summed E-state index contributed by atoms with van der Waals surface area (Å²) in [5.41, 5.74) is 1.79. The number of fused-ring (bicyclic) bond motifs is 1. The molecule has 11 nitrogen and oxygen atoms in total. The summed E-state index contributed by atoms with van der Waals surface area (Å²) in [6.07, 6.45) is 0. The average Bonchev–Trinajstić information content (AvgIpc) is 3.56. The van der Waals surface area contributed by atoms with Crippen LogP contribution < -0.4 is 18.9 Å². The van der Waals surface area contributed by atoms with Crippen molar-refractivity contribution < 1.29 is 33.1 Å². The Morgan fingerprint density at radius 1 is 1.02 bits per heavy atom. The van der Waals surface area contributed by atoms with Gasteiger partial charge in [-0.1, -0.05) is 17.3 Å². The lowest BCUT2D eigenvalue weighted by Crippen LogP contribution is -2.40. The molecule has 0 bridgehead atoms. The van der Waals surface area contributed by atoms with Crippen LogP contribution in [0.4, 0.5) is 5.00 Å². The first-order valence-electron chi connectivity index (χ1n) is 12.5. The maximum atomic E-state index is 14.0. The molecular weight excluding hydrogens is 548 g/mol. The molecule has 0 amide bonds. The highest BCUT2D eigenvalue weighted by atomic mass is 32.1. The largest absolute Gasteiger partial charge is 0.495 e. The van der Waals surface area contributed by atoms with Crippen LogP contribution in [0.1, 0.15) is 33.4 Å². The molecule has 0 saturated carbocycles. The minimum atomic E-state index is -0.391. The van der Waals surface area contributed by atoms with Crippen molar-refractivity contribution in [1.29, 1.82) is 0 Å². The lowest BCUT2D eigenvalue weighted by Gasteiger charge is -2.29. The second kappa shape index (κ2) is 11.9. The van der Waals surface area contributed by atoms with E-state index in [1.54, 1.807) is 49.0 Å². The Bertz CT molecular complexity index is 1670. The first-order chi connectivity index (χ1) is 19.6. The molecular formula is C29H31N4O7S+. The van der Waals surface area contributed by atoms with Crippen LogP contribution in [0.15, 0.2) is 36.4 Å². The predicted molar refractivity (Wildman–Crippen MR) is 155 cm³/mol. The standard InChI is InChI=1S/C29H31N4O7S/c1-8-9-20-22(37-4)12-11-21-26(28(34)18-14-23(38-5)29(40-7)24(15-18)39-6)30-31(27(20)21)17-33(2,3)16-19-10-13-25(41-19)32(35)36/h10-15H,16-17H2,1-7H3/q+1. The number of nitrogens with zero attached hydrogens (tertiary/aromatic N) is 4. The van der Waals surface area contributed by atoms with Crippen molar-refractivity contribution >= 4 is 33.0 Å². The van der Waals surface area contributed by atoms with Crippen LogP contribution in [0.2, 0.25) is 0 Å². The normalized spacial score (nSPS) is 11.1. The van der Waals surface area contributed by atoms with E-state index in [0.29, 0.717) is 62.7 Å². The van der Waals surface area contributed by atoms with E-state index in [0.717, 1.165) is 16.2 Å². The van der Waals surface area contributed by atoms with Crippen molar-refractivity contribution in [1.82, 2.24) is 9.78 Å². The minimum absolute atomic E-state index is 0.0908. The number of benzene rings is 2. The van der Waals surface area contributed by atoms with E-state index in [4.69, 9.17) is 24.0 Å². The molecule has 0 N–H and O–H groups in total. The fraction of sp³-hybridized carbons (Fsp3) is 0.310. The number of hydrogen-bond donors (Lipinski definition) is 0. The van der Waals surface area contributed by atoms with E-state index in [1.807, 2.05) is 14.1 Å². The van der Waals surface area contributed by atoms with Gasteiger partial charge in [-0.3, -0.25) is 14.9 Å². The van der Waals surface area contributed by atoms with Gasteiger partial charge >= 0.3 is 5.00 Å². The first kappa shape index (κ1) is 29.4. The van der Waals surface area contributed by atoms with E-state index in [-0.39, 0.29) is 16.5 Å². The molecule has 4 rings (SSSR count). The van der Waals surface area contributed by atoms with E-state index < -0.39 is 4.92 Å². The zero-order valence-corrected chi connectivity index (χ0v) is 24.7. The third kappa shape index (κ3) is 5.82. The topological polar surface area (TPSA) is 115 Å². The van der Waals surface area contributed by atoms with Gasteiger partial charge < -0.3 is 23.4 Å². The lowest BCUT2D eigenvalue weighted by atomic mass is 10.0. The number of hydrogen-bond acceptors (Lipinski definition) is 9. The molecule has 41 heavy (non-hydrogen) atoms. The average molecular weight is 580 g/mol. The molecule has 0 saturated heterocycles. The summed E-state index contributed by atoms with van der Waals surface area (Å²) in [4.78, 5) is 25.7. The fourth-order valence-electron chi connectivity index (χ4n) is 4.68. The quantitative estimate of drug-likeness (QED) is 0.0812. The Morgan fingerprint density at radius 3 is 2.22 bits per heavy atom. The zero-order chi connectivity index (χ0) is 29.9. The minimum Gasteiger partial charge on any atom is -0.495 e. The lowest BCUT2D eigenvalue weighted by molar-refractivity contribution is -0.925. The van der Waals surface area contributed by atoms with Crippen molar-refractivity contribution in [2.24, 2.45) is 0 Å². The van der Waals surface area contributed by atoms with Crippen LogP contribution in [0, 0.1) is 22.0 Å². The monoisotopic (exact) mass is 579 g/mol. The Morgan fingerprint density at radius 2 is 1.68 bits per heavy atom. The molecule has 0 aliphatic heterocycles. The first-order valence-corrected chi connectivity index (χ1v) is 13.3. The van der Waals surface area contributed by atoms with Crippen molar-refractivity contribution in [2.75, 3.05) is 42.5 Å². The van der Waals surface area contributed by atoms with Crippen molar-refractivity contribution in [3.63, 3.8) is 0 Å². The van der Waals surface area contributed by atoms with E-state index in [9.17, 15) is 14.9 Å². The van der Waals surface area contributed by atoms with Gasteiger partial charge in [0.2, 0.25) is 11.5 Å². The third-order valence-corrected chi connectivity index (χ3v) is 7.44. The number of ketones is 1. The number of carbonyl (C=O) groups excluding carboxylic acids is 1. The van der Waals surface area contributed by atoms with Gasteiger partial charge in [0.25, 0.3) is 0 Å². The summed E-state index contributed by atoms with van der Waals surface area (Å²) in [5, 5.41) is 16.7. The van der Waals surface area contributed by atoms with Gasteiger partial charge in [0, 0.05) is 17.0 Å². The zero-order valence-electron chi connectivity index (χ0n) is 23.9. The van der Waals surface area contributed by atoms with Gasteiger partial charge in [0.1, 0.15) is 18.0 Å². The summed E-state index contributed by atoms with van der Waals surface area (Å²) in [6.45, 7) is 2.58. The fourth-order valence-corrected chi connectivity index (χ4v) is 5.70. The molecule has 2 aromatic heterocycles. The molecule has 2 heterocycles. The molecule has 12 heteroatoms. The highest BCUT2D eigenvalue weighted by Crippen LogP contribution is 2.39. The SMILES string of the molecule is CC#Cc1c(OC)ccc2c(C(=O)c3cc(OC)c(OC)c(OC)c3)nn(C[N+](C)(C)Cc3ccc([N+](=O)[O-])s3)c12. The van der Waals surface area contributed by atoms with E-state index >= 15 is 0 Å². The molecule has 4 aromatic rings. The summed E-state index contributed by atoms with van der Waals surface area (Å²) in [5.74, 6) is 7.34. The number of quaternary nitrogens is 1. The van der Waals surface area contributed by atoms with Gasteiger partial charge in [-0.2, -0.15) is 5.10 Å². The number of ether oxygens (including phenoxy) is 4. The summed E-state index contributed by atoms with van der Waals surface area (Å²) in [6, 6.07) is 10.0. The molecule has 0 fully saturated rings. The Labute approximate surface area is 241 Å². The molecule has 0 aliphatic rings. The van der Waals surface area contributed by atoms with Crippen LogP contribution in [-0.4, -0.2) is 67.5 Å². The number of thiophene rings is 1. The van der Waals surface area contributed by atoms with Gasteiger partial charge in [0.15, 0.2) is 18.2 Å². The smallest absolute Gasteiger partial charge is 0.324 e. The maximum Gasteiger partial charge on any atom is 0.324 e. The number of aromatic nitrogens is 2. The second-order valence-electron chi connectivity index (χ2n) is 9.74. The Balaban J connectivity index is 1.87. The summed E-state index contributed by atoms with van der Waals surface area (Å²) in [7, 11) is 10.0. The van der Waals surface area contributed by atoms with Crippen molar-refractivity contribution in [3.05, 3.63) is 68.2 Å². The Hall–Kier alpha value is -4.60. The van der Waals surface area contributed by atoms with Crippen LogP contribution in [-0.2, 0) is 13.2 Å². The predicted octanol–water partition coefficient (Wildman–Crippen LogP) is 4.88. The van der Waals surface area contributed by atoms with Gasteiger partial charge in [-0.25, -0.2) is 4.68 Å². The van der Waals surface area contributed by atoms with Gasteiger partial charge in [-0.15, -0.1) is 5.92 Å². The van der Waals surface area contributed by atoms with E-state index in [2.05, 4.69) is 11.8 Å². The van der Waals surface area contributed by atoms with E-state index in [1.165, 1.54) is 27.4 Å². The van der Waals surface area contributed by atoms with Crippen LogP contribution in [0.25, 0.3) is 10.9 Å².